The van der Waals surface area contributed by atoms with Crippen molar-refractivity contribution >= 4 is 21.8 Å². The number of rotatable bonds is 4. The number of methoxy groups -OCH3 is 1. The van der Waals surface area contributed by atoms with Crippen LogP contribution < -0.4 is 4.72 Å². The number of aromatic nitrogens is 1. The van der Waals surface area contributed by atoms with E-state index in [1.54, 1.807) is 0 Å². The summed E-state index contributed by atoms with van der Waals surface area (Å²) in [5.41, 5.74) is -0.287. The first-order valence-corrected chi connectivity index (χ1v) is 6.73. The van der Waals surface area contributed by atoms with E-state index in [-0.39, 0.29) is 11.4 Å². The van der Waals surface area contributed by atoms with Gasteiger partial charge in [0, 0.05) is 6.07 Å². The van der Waals surface area contributed by atoms with Gasteiger partial charge in [-0.3, -0.25) is 4.72 Å². The smallest absolute Gasteiger partial charge is 0.339 e. The standard InChI is InChI=1S/C11H9FN2O5S/c1-18-11(15)8-3-2-7(12)6-9(8)20(16,17)14-10-4-5-19-13-10/h2-6H,1H3,(H,13,14). The van der Waals surface area contributed by atoms with Crippen LogP contribution in [0.3, 0.4) is 0 Å². The van der Waals surface area contributed by atoms with E-state index < -0.39 is 26.7 Å². The zero-order chi connectivity index (χ0) is 14.8. The highest BCUT2D eigenvalue weighted by Crippen LogP contribution is 2.21. The molecule has 7 nitrogen and oxygen atoms in total. The highest BCUT2D eigenvalue weighted by molar-refractivity contribution is 7.92. The van der Waals surface area contributed by atoms with Crippen molar-refractivity contribution in [3.63, 3.8) is 0 Å². The molecule has 0 saturated carbocycles. The monoisotopic (exact) mass is 300 g/mol. The number of hydrogen-bond acceptors (Lipinski definition) is 6. The van der Waals surface area contributed by atoms with Gasteiger partial charge in [-0.25, -0.2) is 17.6 Å². The van der Waals surface area contributed by atoms with Crippen LogP contribution in [0.25, 0.3) is 0 Å². The first kappa shape index (κ1) is 14.0. The Kier molecular flexibility index (Phi) is 3.70. The number of nitrogens with zero attached hydrogens (tertiary/aromatic N) is 1. The average molecular weight is 300 g/mol. The maximum absolute atomic E-state index is 13.2. The largest absolute Gasteiger partial charge is 0.465 e. The predicted octanol–water partition coefficient (Wildman–Crippen LogP) is 1.40. The number of nitrogens with one attached hydrogen (secondary N) is 1. The molecule has 0 aliphatic heterocycles. The summed E-state index contributed by atoms with van der Waals surface area (Å²) in [5, 5.41) is 3.37. The fourth-order valence-electron chi connectivity index (χ4n) is 1.45. The highest BCUT2D eigenvalue weighted by Gasteiger charge is 2.24. The lowest BCUT2D eigenvalue weighted by molar-refractivity contribution is 0.0596. The van der Waals surface area contributed by atoms with Crippen LogP contribution in [-0.4, -0.2) is 26.7 Å². The number of anilines is 1. The zero-order valence-electron chi connectivity index (χ0n) is 10.2. The second-order valence-electron chi connectivity index (χ2n) is 3.62. The molecule has 2 aromatic rings. The lowest BCUT2D eigenvalue weighted by Gasteiger charge is -2.09. The van der Waals surface area contributed by atoms with Gasteiger partial charge >= 0.3 is 5.97 Å². The quantitative estimate of drug-likeness (QED) is 0.857. The van der Waals surface area contributed by atoms with Crippen molar-refractivity contribution in [2.24, 2.45) is 0 Å². The Morgan fingerprint density at radius 2 is 2.15 bits per heavy atom. The third-order valence-corrected chi connectivity index (χ3v) is 3.71. The van der Waals surface area contributed by atoms with Crippen molar-refractivity contribution in [3.8, 4) is 0 Å². The van der Waals surface area contributed by atoms with Crippen LogP contribution in [0.5, 0.6) is 0 Å². The Labute approximate surface area is 113 Å². The summed E-state index contributed by atoms with van der Waals surface area (Å²) >= 11 is 0. The van der Waals surface area contributed by atoms with Gasteiger partial charge in [0.25, 0.3) is 10.0 Å². The molecule has 1 aromatic carbocycles. The van der Waals surface area contributed by atoms with Crippen LogP contribution in [0.2, 0.25) is 0 Å². The van der Waals surface area contributed by atoms with Crippen LogP contribution in [0.4, 0.5) is 10.2 Å². The van der Waals surface area contributed by atoms with E-state index in [4.69, 9.17) is 0 Å². The third-order valence-electron chi connectivity index (χ3n) is 2.32. The fraction of sp³-hybridized carbons (Fsp3) is 0.0909. The number of halogens is 1. The third kappa shape index (κ3) is 2.77. The van der Waals surface area contributed by atoms with E-state index in [1.807, 2.05) is 0 Å². The summed E-state index contributed by atoms with van der Waals surface area (Å²) < 4.78 is 48.5. The molecule has 0 fully saturated rings. The summed E-state index contributed by atoms with van der Waals surface area (Å²) in [5.74, 6) is -1.80. The van der Waals surface area contributed by atoms with E-state index in [0.29, 0.717) is 6.07 Å². The lowest BCUT2D eigenvalue weighted by atomic mass is 10.2. The predicted molar refractivity (Wildman–Crippen MR) is 65.1 cm³/mol. The minimum Gasteiger partial charge on any atom is -0.465 e. The van der Waals surface area contributed by atoms with Crippen molar-refractivity contribution in [1.29, 1.82) is 0 Å². The topological polar surface area (TPSA) is 98.5 Å². The molecular formula is C11H9FN2O5S. The Bertz CT molecular complexity index is 727. The average Bonchev–Trinajstić information content (AvgIpc) is 2.90. The molecular weight excluding hydrogens is 291 g/mol. The summed E-state index contributed by atoms with van der Waals surface area (Å²) in [4.78, 5) is 11.0. The second kappa shape index (κ2) is 5.29. The van der Waals surface area contributed by atoms with E-state index in [1.165, 1.54) is 6.07 Å². The van der Waals surface area contributed by atoms with Gasteiger partial charge in [-0.05, 0) is 18.2 Å². The van der Waals surface area contributed by atoms with Gasteiger partial charge in [-0.15, -0.1) is 0 Å². The van der Waals surface area contributed by atoms with Crippen molar-refractivity contribution in [2.45, 2.75) is 4.90 Å². The number of hydrogen-bond donors (Lipinski definition) is 1. The molecule has 0 aliphatic carbocycles. The number of benzene rings is 1. The summed E-state index contributed by atoms with van der Waals surface area (Å²) in [7, 11) is -3.11. The minimum atomic E-state index is -4.20. The molecule has 1 aromatic heterocycles. The first-order valence-electron chi connectivity index (χ1n) is 5.25. The minimum absolute atomic E-state index is 0.0925. The highest BCUT2D eigenvalue weighted by atomic mass is 32.2. The first-order chi connectivity index (χ1) is 9.44. The summed E-state index contributed by atoms with van der Waals surface area (Å²) in [6.45, 7) is 0. The van der Waals surface area contributed by atoms with Crippen LogP contribution in [0.1, 0.15) is 10.4 Å². The van der Waals surface area contributed by atoms with E-state index in [0.717, 1.165) is 25.5 Å². The molecule has 0 aliphatic rings. The van der Waals surface area contributed by atoms with E-state index in [9.17, 15) is 17.6 Å². The van der Waals surface area contributed by atoms with Crippen molar-refractivity contribution in [3.05, 3.63) is 41.9 Å². The van der Waals surface area contributed by atoms with Crippen molar-refractivity contribution in [1.82, 2.24) is 5.16 Å². The molecule has 1 heterocycles. The van der Waals surface area contributed by atoms with Crippen LogP contribution in [0, 0.1) is 5.82 Å². The van der Waals surface area contributed by atoms with Gasteiger partial charge in [0.2, 0.25) is 0 Å². The Hall–Kier alpha value is -2.42. The van der Waals surface area contributed by atoms with Crippen LogP contribution in [0.15, 0.2) is 39.9 Å². The number of carbonyl (C=O) groups excluding carboxylic acids is 1. The Balaban J connectivity index is 2.50. The number of carbonyl (C=O) groups is 1. The zero-order valence-corrected chi connectivity index (χ0v) is 11.0. The second-order valence-corrected chi connectivity index (χ2v) is 5.27. The van der Waals surface area contributed by atoms with Gasteiger partial charge in [0.1, 0.15) is 17.0 Å². The van der Waals surface area contributed by atoms with Gasteiger partial charge in [0.05, 0.1) is 12.7 Å². The maximum Gasteiger partial charge on any atom is 0.339 e. The molecule has 0 atom stereocenters. The van der Waals surface area contributed by atoms with E-state index >= 15 is 0 Å². The SMILES string of the molecule is COC(=O)c1ccc(F)cc1S(=O)(=O)Nc1ccon1. The number of sulfonamides is 1. The molecule has 1 N–H and O–H groups in total. The lowest BCUT2D eigenvalue weighted by Crippen LogP contribution is -2.18. The summed E-state index contributed by atoms with van der Waals surface area (Å²) in [6, 6.07) is 3.96. The molecule has 0 amide bonds. The van der Waals surface area contributed by atoms with Crippen LogP contribution >= 0.6 is 0 Å². The molecule has 2 rings (SSSR count). The van der Waals surface area contributed by atoms with Gasteiger partial charge in [-0.2, -0.15) is 0 Å². The van der Waals surface area contributed by atoms with E-state index in [2.05, 4.69) is 19.1 Å². The molecule has 0 bridgehead atoms. The molecule has 20 heavy (non-hydrogen) atoms. The molecule has 106 valence electrons. The molecule has 0 saturated heterocycles. The van der Waals surface area contributed by atoms with Gasteiger partial charge < -0.3 is 9.26 Å². The Morgan fingerprint density at radius 1 is 1.40 bits per heavy atom. The summed E-state index contributed by atoms with van der Waals surface area (Å²) in [6.07, 6.45) is 1.16. The van der Waals surface area contributed by atoms with Crippen LogP contribution in [-0.2, 0) is 14.8 Å². The fourth-order valence-corrected chi connectivity index (χ4v) is 2.65. The molecule has 0 unspecified atom stereocenters. The van der Waals surface area contributed by atoms with Gasteiger partial charge in [-0.1, -0.05) is 5.16 Å². The van der Waals surface area contributed by atoms with Crippen molar-refractivity contribution in [2.75, 3.05) is 11.8 Å². The number of ether oxygens (including phenoxy) is 1. The maximum atomic E-state index is 13.2. The van der Waals surface area contributed by atoms with Gasteiger partial charge in [0.15, 0.2) is 5.82 Å². The normalized spacial score (nSPS) is 11.1. The molecule has 0 radical (unpaired) electrons. The Morgan fingerprint density at radius 3 is 2.75 bits per heavy atom. The number of esters is 1. The molecule has 9 heteroatoms. The molecule has 0 spiro atoms. The van der Waals surface area contributed by atoms with Crippen molar-refractivity contribution < 1.29 is 26.9 Å².